The minimum absolute atomic E-state index is 0.00796. The first-order valence-corrected chi connectivity index (χ1v) is 8.02. The van der Waals surface area contributed by atoms with Crippen molar-refractivity contribution in [3.8, 4) is 0 Å². The predicted molar refractivity (Wildman–Crippen MR) is 92.7 cm³/mol. The summed E-state index contributed by atoms with van der Waals surface area (Å²) < 4.78 is 1.76. The number of nitrogens with zero attached hydrogens (tertiary/aromatic N) is 3. The van der Waals surface area contributed by atoms with E-state index in [-0.39, 0.29) is 30.4 Å². The molecule has 0 aliphatic carbocycles. The second kappa shape index (κ2) is 7.97. The molecular weight excluding hydrogens is 328 g/mol. The van der Waals surface area contributed by atoms with E-state index in [0.717, 1.165) is 5.56 Å². The maximum absolute atomic E-state index is 12.2. The van der Waals surface area contributed by atoms with Crippen LogP contribution in [-0.2, 0) is 9.59 Å². The van der Waals surface area contributed by atoms with Gasteiger partial charge in [-0.15, -0.1) is 0 Å². The lowest BCUT2D eigenvalue weighted by Crippen LogP contribution is -2.44. The van der Waals surface area contributed by atoms with Gasteiger partial charge in [0, 0.05) is 31.4 Å². The van der Waals surface area contributed by atoms with E-state index in [1.165, 1.54) is 11.8 Å². The number of benzene rings is 1. The van der Waals surface area contributed by atoms with Gasteiger partial charge in [0.05, 0.1) is 18.6 Å². The lowest BCUT2D eigenvalue weighted by Gasteiger charge is -2.27. The van der Waals surface area contributed by atoms with Gasteiger partial charge in [-0.1, -0.05) is 29.8 Å². The number of nitrogens with one attached hydrogen (secondary N) is 1. The van der Waals surface area contributed by atoms with E-state index >= 15 is 0 Å². The molecule has 2 atom stereocenters. The third-order valence-electron chi connectivity index (χ3n) is 3.81. The van der Waals surface area contributed by atoms with Gasteiger partial charge >= 0.3 is 0 Å². The summed E-state index contributed by atoms with van der Waals surface area (Å²) >= 11 is 6.34. The number of amides is 2. The molecular formula is C17H21ClN4O2. The fourth-order valence-corrected chi connectivity index (χ4v) is 2.75. The number of hydrogen-bond acceptors (Lipinski definition) is 3. The van der Waals surface area contributed by atoms with Crippen LogP contribution in [0, 0.1) is 0 Å². The molecule has 24 heavy (non-hydrogen) atoms. The lowest BCUT2D eigenvalue weighted by atomic mass is 10.0. The Morgan fingerprint density at radius 1 is 1.33 bits per heavy atom. The monoisotopic (exact) mass is 348 g/mol. The van der Waals surface area contributed by atoms with Crippen LogP contribution in [-0.4, -0.2) is 46.1 Å². The van der Waals surface area contributed by atoms with Crippen molar-refractivity contribution < 1.29 is 9.59 Å². The zero-order valence-electron chi connectivity index (χ0n) is 13.9. The Hall–Kier alpha value is -2.34. The topological polar surface area (TPSA) is 67.2 Å². The van der Waals surface area contributed by atoms with E-state index < -0.39 is 0 Å². The van der Waals surface area contributed by atoms with Crippen LogP contribution < -0.4 is 5.32 Å². The summed E-state index contributed by atoms with van der Waals surface area (Å²) in [4.78, 5) is 24.8. The van der Waals surface area contributed by atoms with Gasteiger partial charge in [-0.2, -0.15) is 5.10 Å². The molecule has 0 aliphatic heterocycles. The van der Waals surface area contributed by atoms with E-state index in [1.54, 1.807) is 17.9 Å². The van der Waals surface area contributed by atoms with E-state index in [1.807, 2.05) is 43.5 Å². The van der Waals surface area contributed by atoms with E-state index in [9.17, 15) is 9.59 Å². The van der Waals surface area contributed by atoms with Crippen molar-refractivity contribution in [1.29, 1.82) is 0 Å². The Labute approximate surface area is 146 Å². The summed E-state index contributed by atoms with van der Waals surface area (Å²) in [5.41, 5.74) is 0.871. The Balaban J connectivity index is 2.20. The molecule has 0 saturated heterocycles. The third kappa shape index (κ3) is 4.35. The molecule has 0 spiro atoms. The Kier molecular flexibility index (Phi) is 5.98. The van der Waals surface area contributed by atoms with Crippen molar-refractivity contribution in [2.45, 2.75) is 25.9 Å². The third-order valence-corrected chi connectivity index (χ3v) is 4.16. The fourth-order valence-electron chi connectivity index (χ4n) is 2.51. The molecule has 6 nitrogen and oxygen atoms in total. The van der Waals surface area contributed by atoms with Crippen LogP contribution in [0.5, 0.6) is 0 Å². The van der Waals surface area contributed by atoms with Crippen LogP contribution in [0.15, 0.2) is 42.7 Å². The minimum Gasteiger partial charge on any atom is -0.350 e. The molecule has 0 unspecified atom stereocenters. The standard InChI is InChI=1S/C17H21ClN4O2/c1-12(20-16(24)11-21(3)13(2)23)17(22-10-6-9-19-22)14-7-4-5-8-15(14)18/h4-10,12,17H,11H2,1-3H3,(H,20,24)/t12-,17-/m1/s1. The number of carbonyl (C=O) groups excluding carboxylic acids is 2. The summed E-state index contributed by atoms with van der Waals surface area (Å²) in [5.74, 6) is -0.392. The largest absolute Gasteiger partial charge is 0.350 e. The van der Waals surface area contributed by atoms with E-state index in [0.29, 0.717) is 5.02 Å². The quantitative estimate of drug-likeness (QED) is 0.869. The van der Waals surface area contributed by atoms with Gasteiger partial charge in [0.25, 0.3) is 0 Å². The Morgan fingerprint density at radius 2 is 2.04 bits per heavy atom. The van der Waals surface area contributed by atoms with Crippen molar-refractivity contribution in [3.05, 3.63) is 53.3 Å². The van der Waals surface area contributed by atoms with Gasteiger partial charge in [0.2, 0.25) is 11.8 Å². The van der Waals surface area contributed by atoms with E-state index in [4.69, 9.17) is 11.6 Å². The molecule has 0 fully saturated rings. The highest BCUT2D eigenvalue weighted by atomic mass is 35.5. The van der Waals surface area contributed by atoms with Crippen LogP contribution in [0.1, 0.15) is 25.5 Å². The highest BCUT2D eigenvalue weighted by molar-refractivity contribution is 6.31. The number of likely N-dealkylation sites (N-methyl/N-ethyl adjacent to an activating group) is 1. The first-order valence-electron chi connectivity index (χ1n) is 7.64. The Morgan fingerprint density at radius 3 is 2.62 bits per heavy atom. The molecule has 0 bridgehead atoms. The average molecular weight is 349 g/mol. The molecule has 1 aromatic carbocycles. The number of carbonyl (C=O) groups is 2. The van der Waals surface area contributed by atoms with Crippen molar-refractivity contribution in [2.75, 3.05) is 13.6 Å². The molecule has 2 aromatic rings. The summed E-state index contributed by atoms with van der Waals surface area (Å²) in [6.45, 7) is 3.32. The maximum atomic E-state index is 12.2. The van der Waals surface area contributed by atoms with E-state index in [2.05, 4.69) is 10.4 Å². The molecule has 0 radical (unpaired) electrons. The van der Waals surface area contributed by atoms with Gasteiger partial charge in [0.15, 0.2) is 0 Å². The summed E-state index contributed by atoms with van der Waals surface area (Å²) in [6, 6.07) is 8.79. The molecule has 1 aromatic heterocycles. The molecule has 1 heterocycles. The second-order valence-electron chi connectivity index (χ2n) is 5.68. The number of hydrogen-bond donors (Lipinski definition) is 1. The number of halogens is 1. The Bertz CT molecular complexity index is 702. The molecule has 2 rings (SSSR count). The van der Waals surface area contributed by atoms with Crippen molar-refractivity contribution in [1.82, 2.24) is 20.0 Å². The van der Waals surface area contributed by atoms with Gasteiger partial charge in [-0.05, 0) is 24.6 Å². The smallest absolute Gasteiger partial charge is 0.239 e. The van der Waals surface area contributed by atoms with Crippen LogP contribution in [0.25, 0.3) is 0 Å². The number of rotatable bonds is 6. The lowest BCUT2D eigenvalue weighted by molar-refractivity contribution is -0.133. The van der Waals surface area contributed by atoms with Crippen LogP contribution in [0.2, 0.25) is 5.02 Å². The van der Waals surface area contributed by atoms with Gasteiger partial charge in [0.1, 0.15) is 0 Å². The highest BCUT2D eigenvalue weighted by Gasteiger charge is 2.25. The van der Waals surface area contributed by atoms with Crippen LogP contribution >= 0.6 is 11.6 Å². The molecule has 0 saturated carbocycles. The molecule has 7 heteroatoms. The van der Waals surface area contributed by atoms with Crippen molar-refractivity contribution in [2.24, 2.45) is 0 Å². The fraction of sp³-hybridized carbons (Fsp3) is 0.353. The molecule has 0 aliphatic rings. The zero-order valence-corrected chi connectivity index (χ0v) is 14.7. The first-order chi connectivity index (χ1) is 11.4. The summed E-state index contributed by atoms with van der Waals surface area (Å²) in [7, 11) is 1.59. The van der Waals surface area contributed by atoms with Crippen LogP contribution in [0.3, 0.4) is 0 Å². The maximum Gasteiger partial charge on any atom is 0.239 e. The predicted octanol–water partition coefficient (Wildman–Crippen LogP) is 2.11. The summed E-state index contributed by atoms with van der Waals surface area (Å²) in [6.07, 6.45) is 3.51. The van der Waals surface area contributed by atoms with Crippen LogP contribution in [0.4, 0.5) is 0 Å². The normalized spacial score (nSPS) is 13.2. The van der Waals surface area contributed by atoms with Gasteiger partial charge in [-0.25, -0.2) is 0 Å². The van der Waals surface area contributed by atoms with Crippen molar-refractivity contribution >= 4 is 23.4 Å². The average Bonchev–Trinajstić information content (AvgIpc) is 3.03. The number of aromatic nitrogens is 2. The van der Waals surface area contributed by atoms with Gasteiger partial charge < -0.3 is 10.2 Å². The first kappa shape index (κ1) is 18.0. The summed E-state index contributed by atoms with van der Waals surface area (Å²) in [5, 5.41) is 7.83. The minimum atomic E-state index is -0.266. The molecule has 1 N–H and O–H groups in total. The molecule has 128 valence electrons. The SMILES string of the molecule is CC(=O)N(C)CC(=O)N[C@H](C)[C@H](c1ccccc1Cl)n1cccn1. The second-order valence-corrected chi connectivity index (χ2v) is 6.09. The van der Waals surface area contributed by atoms with Crippen molar-refractivity contribution in [3.63, 3.8) is 0 Å². The zero-order chi connectivity index (χ0) is 17.7. The molecule has 2 amide bonds. The highest BCUT2D eigenvalue weighted by Crippen LogP contribution is 2.28. The van der Waals surface area contributed by atoms with Gasteiger partial charge in [-0.3, -0.25) is 14.3 Å².